The highest BCUT2D eigenvalue weighted by Gasteiger charge is 2.17. The van der Waals surface area contributed by atoms with Crippen molar-refractivity contribution in [1.29, 1.82) is 0 Å². The summed E-state index contributed by atoms with van der Waals surface area (Å²) in [4.78, 5) is 28.9. The maximum atomic E-state index is 12.3. The Bertz CT molecular complexity index is 981. The zero-order valence-electron chi connectivity index (χ0n) is 16.8. The molecule has 0 aliphatic rings. The molecule has 3 rings (SSSR count). The summed E-state index contributed by atoms with van der Waals surface area (Å²) in [6.45, 7) is 3.84. The molecular formula is C22H24N4O3. The molecule has 0 bridgehead atoms. The minimum absolute atomic E-state index is 0.0744. The van der Waals surface area contributed by atoms with Gasteiger partial charge in [0.05, 0.1) is 19.3 Å². The van der Waals surface area contributed by atoms with Gasteiger partial charge in [-0.15, -0.1) is 0 Å². The first-order chi connectivity index (χ1) is 14.0. The Morgan fingerprint density at radius 2 is 1.90 bits per heavy atom. The van der Waals surface area contributed by atoms with Crippen molar-refractivity contribution in [3.8, 4) is 11.6 Å². The lowest BCUT2D eigenvalue weighted by molar-refractivity contribution is -0.121. The number of nitrogens with zero attached hydrogens (tertiary/aromatic N) is 3. The summed E-state index contributed by atoms with van der Waals surface area (Å²) in [5, 5.41) is 7.32. The lowest BCUT2D eigenvalue weighted by Gasteiger charge is -2.14. The van der Waals surface area contributed by atoms with Crippen LogP contribution in [0.5, 0.6) is 5.75 Å². The number of carbonyl (C=O) groups excluding carboxylic acids is 2. The maximum absolute atomic E-state index is 12.3. The molecule has 2 aromatic heterocycles. The largest absolute Gasteiger partial charge is 0.497 e. The van der Waals surface area contributed by atoms with E-state index in [0.717, 1.165) is 17.1 Å². The van der Waals surface area contributed by atoms with E-state index < -0.39 is 0 Å². The number of pyridine rings is 1. The lowest BCUT2D eigenvalue weighted by atomic mass is 10.1. The zero-order valence-corrected chi connectivity index (χ0v) is 16.8. The van der Waals surface area contributed by atoms with Crippen LogP contribution in [0.3, 0.4) is 0 Å². The normalized spacial score (nSPS) is 11.7. The van der Waals surface area contributed by atoms with E-state index in [1.165, 1.54) is 0 Å². The van der Waals surface area contributed by atoms with Gasteiger partial charge >= 0.3 is 0 Å². The van der Waals surface area contributed by atoms with E-state index in [1.807, 2.05) is 32.0 Å². The Labute approximate surface area is 169 Å². The van der Waals surface area contributed by atoms with Crippen LogP contribution in [0.1, 0.15) is 47.4 Å². The number of amides is 1. The Kier molecular flexibility index (Phi) is 6.39. The second-order valence-corrected chi connectivity index (χ2v) is 6.73. The summed E-state index contributed by atoms with van der Waals surface area (Å²) in [6.07, 6.45) is 3.72. The van der Waals surface area contributed by atoms with E-state index >= 15 is 0 Å². The molecule has 29 heavy (non-hydrogen) atoms. The molecule has 0 spiro atoms. The molecule has 0 fully saturated rings. The first-order valence-electron chi connectivity index (χ1n) is 9.42. The minimum atomic E-state index is -0.226. The fourth-order valence-electron chi connectivity index (χ4n) is 3.10. The molecule has 0 saturated heterocycles. The molecule has 7 nitrogen and oxygen atoms in total. The van der Waals surface area contributed by atoms with Crippen molar-refractivity contribution >= 4 is 11.7 Å². The number of aromatic nitrogens is 3. The van der Waals surface area contributed by atoms with Crippen molar-refractivity contribution in [3.05, 3.63) is 71.7 Å². The predicted molar refractivity (Wildman–Crippen MR) is 109 cm³/mol. The summed E-state index contributed by atoms with van der Waals surface area (Å²) < 4.78 is 6.83. The molecule has 1 unspecified atom stereocenters. The van der Waals surface area contributed by atoms with Gasteiger partial charge in [0.15, 0.2) is 11.6 Å². The van der Waals surface area contributed by atoms with Crippen molar-refractivity contribution in [2.24, 2.45) is 0 Å². The van der Waals surface area contributed by atoms with E-state index in [2.05, 4.69) is 15.4 Å². The summed E-state index contributed by atoms with van der Waals surface area (Å²) in [5.74, 6) is 1.16. The Morgan fingerprint density at radius 1 is 1.14 bits per heavy atom. The molecule has 1 amide bonds. The molecule has 1 aromatic carbocycles. The van der Waals surface area contributed by atoms with Crippen molar-refractivity contribution in [3.63, 3.8) is 0 Å². The molecule has 1 N–H and O–H groups in total. The van der Waals surface area contributed by atoms with Crippen molar-refractivity contribution < 1.29 is 14.3 Å². The van der Waals surface area contributed by atoms with Gasteiger partial charge in [0, 0.05) is 35.9 Å². The lowest BCUT2D eigenvalue weighted by Crippen LogP contribution is -2.27. The van der Waals surface area contributed by atoms with E-state index in [-0.39, 0.29) is 30.6 Å². The third kappa shape index (κ3) is 4.87. The number of carbonyl (C=O) groups is 2. The smallest absolute Gasteiger partial charge is 0.220 e. The van der Waals surface area contributed by atoms with Crippen LogP contribution in [-0.4, -0.2) is 33.6 Å². The molecule has 1 atom stereocenters. The molecule has 150 valence electrons. The van der Waals surface area contributed by atoms with Gasteiger partial charge < -0.3 is 10.1 Å². The molecule has 3 aromatic rings. The van der Waals surface area contributed by atoms with Crippen LogP contribution in [0, 0.1) is 6.92 Å². The molecule has 0 saturated carbocycles. The maximum Gasteiger partial charge on any atom is 0.220 e. The number of rotatable bonds is 8. The van der Waals surface area contributed by atoms with Gasteiger partial charge in [0.25, 0.3) is 0 Å². The van der Waals surface area contributed by atoms with Gasteiger partial charge in [-0.05, 0) is 50.2 Å². The third-order valence-electron chi connectivity index (χ3n) is 4.75. The molecule has 0 aliphatic heterocycles. The van der Waals surface area contributed by atoms with Crippen LogP contribution in [0.15, 0.2) is 54.9 Å². The Balaban J connectivity index is 1.56. The number of hydrogen-bond acceptors (Lipinski definition) is 5. The van der Waals surface area contributed by atoms with Crippen molar-refractivity contribution in [2.45, 2.75) is 32.7 Å². The Morgan fingerprint density at radius 3 is 2.55 bits per heavy atom. The van der Waals surface area contributed by atoms with E-state index in [1.54, 1.807) is 48.5 Å². The standard InChI is InChI=1S/C22H24N4O3/c1-15(19-14-24-26(16(19)2)21-6-4-5-13-23-21)25-22(28)12-11-20(27)17-7-9-18(29-3)10-8-17/h4-10,13-15H,11-12H2,1-3H3,(H,25,28). The molecule has 7 heteroatoms. The van der Waals surface area contributed by atoms with Crippen LogP contribution < -0.4 is 10.1 Å². The van der Waals surface area contributed by atoms with Gasteiger partial charge in [-0.1, -0.05) is 6.07 Å². The van der Waals surface area contributed by atoms with Gasteiger partial charge in [0.1, 0.15) is 5.75 Å². The number of Topliss-reactive ketones (excluding diaryl/α,β-unsaturated/α-hetero) is 1. The average Bonchev–Trinajstić information content (AvgIpc) is 3.14. The first kappa shape index (κ1) is 20.3. The molecule has 0 radical (unpaired) electrons. The highest BCUT2D eigenvalue weighted by atomic mass is 16.5. The second-order valence-electron chi connectivity index (χ2n) is 6.73. The van der Waals surface area contributed by atoms with Crippen LogP contribution in [0.2, 0.25) is 0 Å². The highest BCUT2D eigenvalue weighted by molar-refractivity contribution is 5.98. The van der Waals surface area contributed by atoms with Crippen molar-refractivity contribution in [1.82, 2.24) is 20.1 Å². The monoisotopic (exact) mass is 392 g/mol. The van der Waals surface area contributed by atoms with Crippen LogP contribution >= 0.6 is 0 Å². The summed E-state index contributed by atoms with van der Waals surface area (Å²) in [7, 11) is 1.57. The van der Waals surface area contributed by atoms with Crippen LogP contribution in [0.25, 0.3) is 5.82 Å². The van der Waals surface area contributed by atoms with Crippen LogP contribution in [-0.2, 0) is 4.79 Å². The highest BCUT2D eigenvalue weighted by Crippen LogP contribution is 2.19. The average molecular weight is 392 g/mol. The minimum Gasteiger partial charge on any atom is -0.497 e. The van der Waals surface area contributed by atoms with Gasteiger partial charge in [-0.2, -0.15) is 5.10 Å². The number of hydrogen-bond donors (Lipinski definition) is 1. The summed E-state index contributed by atoms with van der Waals surface area (Å²) in [5.41, 5.74) is 2.38. The Hall–Kier alpha value is -3.48. The fourth-order valence-corrected chi connectivity index (χ4v) is 3.10. The number of nitrogens with one attached hydrogen (secondary N) is 1. The number of ether oxygens (including phenoxy) is 1. The summed E-state index contributed by atoms with van der Waals surface area (Å²) >= 11 is 0. The topological polar surface area (TPSA) is 86.1 Å². The second kappa shape index (κ2) is 9.14. The van der Waals surface area contributed by atoms with Gasteiger partial charge in [-0.3, -0.25) is 9.59 Å². The fraction of sp³-hybridized carbons (Fsp3) is 0.273. The SMILES string of the molecule is COc1ccc(C(=O)CCC(=O)NC(C)c2cnn(-c3ccccn3)c2C)cc1. The van der Waals surface area contributed by atoms with E-state index in [9.17, 15) is 9.59 Å². The third-order valence-corrected chi connectivity index (χ3v) is 4.75. The first-order valence-corrected chi connectivity index (χ1v) is 9.42. The van der Waals surface area contributed by atoms with Crippen molar-refractivity contribution in [2.75, 3.05) is 7.11 Å². The van der Waals surface area contributed by atoms with E-state index in [4.69, 9.17) is 4.74 Å². The van der Waals surface area contributed by atoms with Crippen LogP contribution in [0.4, 0.5) is 0 Å². The predicted octanol–water partition coefficient (Wildman–Crippen LogP) is 3.42. The summed E-state index contributed by atoms with van der Waals surface area (Å²) in [6, 6.07) is 12.3. The molecule has 2 heterocycles. The molecule has 0 aliphatic carbocycles. The number of ketones is 1. The molecular weight excluding hydrogens is 368 g/mol. The van der Waals surface area contributed by atoms with Gasteiger partial charge in [0.2, 0.25) is 5.91 Å². The quantitative estimate of drug-likeness (QED) is 0.594. The zero-order chi connectivity index (χ0) is 20.8. The van der Waals surface area contributed by atoms with E-state index in [0.29, 0.717) is 11.3 Å². The van der Waals surface area contributed by atoms with Gasteiger partial charge in [-0.25, -0.2) is 9.67 Å². The number of benzene rings is 1. The number of methoxy groups -OCH3 is 1.